The highest BCUT2D eigenvalue weighted by Gasteiger charge is 2.29. The summed E-state index contributed by atoms with van der Waals surface area (Å²) in [4.78, 5) is 0. The van der Waals surface area contributed by atoms with Crippen LogP contribution in [0.5, 0.6) is 0 Å². The first-order valence-corrected chi connectivity index (χ1v) is 17.7. The summed E-state index contributed by atoms with van der Waals surface area (Å²) < 4.78 is 0. The zero-order valence-corrected chi connectivity index (χ0v) is 28.5. The third-order valence-electron chi connectivity index (χ3n) is 11.0. The zero-order chi connectivity index (χ0) is 34.1. The van der Waals surface area contributed by atoms with E-state index in [-0.39, 0.29) is 0 Å². The van der Waals surface area contributed by atoms with Gasteiger partial charge in [0.2, 0.25) is 0 Å². The van der Waals surface area contributed by atoms with Gasteiger partial charge in [-0.1, -0.05) is 158 Å². The van der Waals surface area contributed by atoms with Crippen LogP contribution in [0.1, 0.15) is 22.3 Å². The second-order valence-electron chi connectivity index (χ2n) is 13.7. The highest BCUT2D eigenvalue weighted by atomic mass is 14.3. The summed E-state index contributed by atoms with van der Waals surface area (Å²) in [6.45, 7) is 6.67. The van der Waals surface area contributed by atoms with E-state index in [1.54, 1.807) is 0 Å². The van der Waals surface area contributed by atoms with E-state index in [1.165, 1.54) is 110 Å². The van der Waals surface area contributed by atoms with Crippen molar-refractivity contribution in [2.24, 2.45) is 0 Å². The van der Waals surface area contributed by atoms with Crippen LogP contribution in [0.15, 0.2) is 183 Å². The van der Waals surface area contributed by atoms with Crippen LogP contribution in [0.3, 0.4) is 0 Å². The van der Waals surface area contributed by atoms with E-state index in [1.807, 2.05) is 6.08 Å². The van der Waals surface area contributed by atoms with E-state index < -0.39 is 0 Å². The van der Waals surface area contributed by atoms with Gasteiger partial charge in [0.15, 0.2) is 0 Å². The van der Waals surface area contributed by atoms with E-state index in [0.29, 0.717) is 0 Å². The summed E-state index contributed by atoms with van der Waals surface area (Å²) in [6.07, 6.45) is 2.04. The second-order valence-corrected chi connectivity index (χ2v) is 13.7. The molecule has 0 bridgehead atoms. The standard InChI is InChI=1S/C51H34/c1-3-37(34-18-8-5-9-19-34)51-43-25-15-14-24-41(43)49-31-47-42-27-26-35(33-16-6-4-7-17-33)28-45(42)48(30-44(47)32(2)50(49)51)46-29-36-20-10-11-21-38(36)39-22-12-13-23-40(39)46/h3-31H,1H2,2H3/b51-37+. The Hall–Kier alpha value is -6.50. The fraction of sp³-hybridized carbons (Fsp3) is 0.0196. The van der Waals surface area contributed by atoms with Crippen LogP contribution in [0, 0.1) is 6.92 Å². The monoisotopic (exact) mass is 646 g/mol. The third-order valence-corrected chi connectivity index (χ3v) is 11.0. The van der Waals surface area contributed by atoms with Gasteiger partial charge in [-0.05, 0) is 141 Å². The first-order valence-electron chi connectivity index (χ1n) is 17.7. The molecular weight excluding hydrogens is 613 g/mol. The molecule has 0 N–H and O–H groups in total. The molecule has 0 nitrogen and oxygen atoms in total. The van der Waals surface area contributed by atoms with Crippen LogP contribution in [-0.4, -0.2) is 0 Å². The van der Waals surface area contributed by atoms with E-state index in [4.69, 9.17) is 0 Å². The lowest BCUT2D eigenvalue weighted by Gasteiger charge is -2.19. The minimum atomic E-state index is 1.17. The van der Waals surface area contributed by atoms with Crippen molar-refractivity contribution in [2.45, 2.75) is 6.92 Å². The molecule has 0 amide bonds. The molecule has 0 fully saturated rings. The smallest absolute Gasteiger partial charge is 0.00177 e. The zero-order valence-electron chi connectivity index (χ0n) is 28.5. The number of hydrogen-bond donors (Lipinski definition) is 0. The number of allylic oxidation sites excluding steroid dienone is 2. The number of aryl methyl sites for hydroxylation is 1. The SMILES string of the molecule is C=C/C(=C1/c2ccccc2-c2cc3c(cc(-c4cc5ccccc5c5ccccc45)c4cc(-c5ccccc5)ccc43)c(C)c21)c1ccccc1. The molecule has 0 aliphatic heterocycles. The molecule has 0 saturated heterocycles. The van der Waals surface area contributed by atoms with E-state index in [9.17, 15) is 0 Å². The number of benzene rings is 9. The first kappa shape index (κ1) is 29.4. The lowest BCUT2D eigenvalue weighted by Crippen LogP contribution is -1.95. The van der Waals surface area contributed by atoms with Crippen molar-refractivity contribution in [1.29, 1.82) is 0 Å². The topological polar surface area (TPSA) is 0 Å². The summed E-state index contributed by atoms with van der Waals surface area (Å²) in [5, 5.41) is 10.2. The molecule has 238 valence electrons. The van der Waals surface area contributed by atoms with Gasteiger partial charge in [0.1, 0.15) is 0 Å². The minimum absolute atomic E-state index is 1.17. The fourth-order valence-electron chi connectivity index (χ4n) is 8.64. The Morgan fingerprint density at radius 1 is 0.412 bits per heavy atom. The lowest BCUT2D eigenvalue weighted by molar-refractivity contribution is 1.50. The van der Waals surface area contributed by atoms with Crippen LogP contribution < -0.4 is 0 Å². The maximum atomic E-state index is 4.34. The molecule has 0 saturated carbocycles. The molecule has 0 spiro atoms. The Labute approximate surface area is 298 Å². The average molecular weight is 647 g/mol. The van der Waals surface area contributed by atoms with Gasteiger partial charge in [0.05, 0.1) is 0 Å². The number of fused-ring (bicyclic) bond motifs is 9. The Morgan fingerprint density at radius 3 is 1.80 bits per heavy atom. The summed E-state index contributed by atoms with van der Waals surface area (Å²) in [7, 11) is 0. The van der Waals surface area contributed by atoms with Gasteiger partial charge < -0.3 is 0 Å². The summed E-state index contributed by atoms with van der Waals surface area (Å²) >= 11 is 0. The average Bonchev–Trinajstić information content (AvgIpc) is 3.52. The Kier molecular flexibility index (Phi) is 6.66. The first-order chi connectivity index (χ1) is 25.2. The van der Waals surface area contributed by atoms with Crippen molar-refractivity contribution < 1.29 is 0 Å². The fourth-order valence-corrected chi connectivity index (χ4v) is 8.64. The molecule has 0 heteroatoms. The van der Waals surface area contributed by atoms with Crippen LogP contribution in [0.2, 0.25) is 0 Å². The molecule has 0 unspecified atom stereocenters. The number of hydrogen-bond acceptors (Lipinski definition) is 0. The van der Waals surface area contributed by atoms with Crippen molar-refractivity contribution in [3.05, 3.63) is 205 Å². The maximum absolute atomic E-state index is 4.34. The molecule has 9 aromatic rings. The maximum Gasteiger partial charge on any atom is -0.00177 e. The minimum Gasteiger partial charge on any atom is -0.0984 e. The summed E-state index contributed by atoms with van der Waals surface area (Å²) in [5.74, 6) is 0. The van der Waals surface area contributed by atoms with E-state index >= 15 is 0 Å². The Bertz CT molecular complexity index is 2910. The predicted octanol–water partition coefficient (Wildman–Crippen LogP) is 14.1. The van der Waals surface area contributed by atoms with Gasteiger partial charge in [-0.3, -0.25) is 0 Å². The summed E-state index contributed by atoms with van der Waals surface area (Å²) in [5.41, 5.74) is 15.0. The Balaban J connectivity index is 1.36. The molecule has 10 rings (SSSR count). The van der Waals surface area contributed by atoms with Gasteiger partial charge in [0, 0.05) is 0 Å². The largest absolute Gasteiger partial charge is 0.0984 e. The van der Waals surface area contributed by atoms with Crippen molar-refractivity contribution >= 4 is 54.2 Å². The van der Waals surface area contributed by atoms with Crippen molar-refractivity contribution in [3.63, 3.8) is 0 Å². The molecule has 51 heavy (non-hydrogen) atoms. The molecule has 1 aliphatic carbocycles. The van der Waals surface area contributed by atoms with E-state index in [2.05, 4.69) is 183 Å². The van der Waals surface area contributed by atoms with Crippen LogP contribution >= 0.6 is 0 Å². The predicted molar refractivity (Wildman–Crippen MR) is 220 cm³/mol. The van der Waals surface area contributed by atoms with Crippen molar-refractivity contribution in [1.82, 2.24) is 0 Å². The Morgan fingerprint density at radius 2 is 1.02 bits per heavy atom. The molecule has 0 atom stereocenters. The molecule has 1 aliphatic rings. The molecule has 9 aromatic carbocycles. The molecule has 0 heterocycles. The van der Waals surface area contributed by atoms with Gasteiger partial charge in [0.25, 0.3) is 0 Å². The van der Waals surface area contributed by atoms with Crippen molar-refractivity contribution in [2.75, 3.05) is 0 Å². The van der Waals surface area contributed by atoms with E-state index in [0.717, 1.165) is 0 Å². The normalized spacial score (nSPS) is 13.1. The van der Waals surface area contributed by atoms with Crippen LogP contribution in [-0.2, 0) is 0 Å². The van der Waals surface area contributed by atoms with Gasteiger partial charge in [-0.2, -0.15) is 0 Å². The lowest BCUT2D eigenvalue weighted by atomic mass is 9.84. The highest BCUT2D eigenvalue weighted by Crippen LogP contribution is 2.52. The van der Waals surface area contributed by atoms with Gasteiger partial charge in [-0.15, -0.1) is 0 Å². The number of rotatable bonds is 4. The van der Waals surface area contributed by atoms with Gasteiger partial charge >= 0.3 is 0 Å². The summed E-state index contributed by atoms with van der Waals surface area (Å²) in [6, 6.07) is 62.4. The van der Waals surface area contributed by atoms with Crippen molar-refractivity contribution in [3.8, 4) is 33.4 Å². The van der Waals surface area contributed by atoms with Crippen LogP contribution in [0.25, 0.3) is 87.6 Å². The third kappa shape index (κ3) is 4.47. The van der Waals surface area contributed by atoms with Gasteiger partial charge in [-0.25, -0.2) is 0 Å². The van der Waals surface area contributed by atoms with Crippen LogP contribution in [0.4, 0.5) is 0 Å². The molecule has 0 aromatic heterocycles. The quantitative estimate of drug-likeness (QED) is 0.167. The highest BCUT2D eigenvalue weighted by molar-refractivity contribution is 6.24. The molecule has 0 radical (unpaired) electrons. The molecular formula is C51H34. The second kappa shape index (κ2) is 11.5.